The van der Waals surface area contributed by atoms with Gasteiger partial charge < -0.3 is 5.32 Å². The number of thiophene rings is 1. The van der Waals surface area contributed by atoms with Gasteiger partial charge in [0, 0.05) is 28.4 Å². The van der Waals surface area contributed by atoms with Crippen molar-refractivity contribution in [2.24, 2.45) is 0 Å². The van der Waals surface area contributed by atoms with Gasteiger partial charge in [-0.25, -0.2) is 4.98 Å². The number of amides is 1. The van der Waals surface area contributed by atoms with Crippen LogP contribution in [0.1, 0.15) is 34.6 Å². The van der Waals surface area contributed by atoms with Crippen LogP contribution in [0.5, 0.6) is 0 Å². The molecule has 0 saturated heterocycles. The van der Waals surface area contributed by atoms with Crippen LogP contribution in [0.25, 0.3) is 20.8 Å². The minimum absolute atomic E-state index is 0. The lowest BCUT2D eigenvalue weighted by Gasteiger charge is -2.25. The molecule has 3 heterocycles. The fourth-order valence-corrected chi connectivity index (χ4v) is 7.32. The molecule has 0 atom stereocenters. The molecular weight excluding hydrogens is 490 g/mol. The standard InChI is InChI=1S/C25H25N3OS3.ClH/c1-3-28-14-13-16-21(15-28)32-25(22(16)24-26-18-10-6-8-12-20(18)31-24)27-23(29)17-9-5-7-11-19(17)30-4-2;/h5-12H,3-4,13-15H2,1-2H3,(H,27,29);1H. The van der Waals surface area contributed by atoms with Crippen molar-refractivity contribution in [1.82, 2.24) is 9.88 Å². The molecule has 0 spiro atoms. The fraction of sp³-hybridized carbons (Fsp3) is 0.280. The number of thiazole rings is 1. The highest BCUT2D eigenvalue weighted by molar-refractivity contribution is 7.99. The first kappa shape index (κ1) is 24.2. The molecular formula is C25H26ClN3OS3. The maximum Gasteiger partial charge on any atom is 0.257 e. The molecule has 2 aromatic heterocycles. The highest BCUT2D eigenvalue weighted by Crippen LogP contribution is 2.46. The summed E-state index contributed by atoms with van der Waals surface area (Å²) in [6, 6.07) is 16.1. The second-order valence-electron chi connectivity index (χ2n) is 7.70. The van der Waals surface area contributed by atoms with E-state index >= 15 is 0 Å². The summed E-state index contributed by atoms with van der Waals surface area (Å²) in [7, 11) is 0. The van der Waals surface area contributed by atoms with Crippen LogP contribution in [0.4, 0.5) is 5.00 Å². The number of hydrogen-bond donors (Lipinski definition) is 1. The number of fused-ring (bicyclic) bond motifs is 2. The Morgan fingerprint density at radius 2 is 1.91 bits per heavy atom. The Morgan fingerprint density at radius 3 is 2.70 bits per heavy atom. The topological polar surface area (TPSA) is 45.2 Å². The van der Waals surface area contributed by atoms with Crippen molar-refractivity contribution in [1.29, 1.82) is 0 Å². The molecule has 0 aliphatic carbocycles. The highest BCUT2D eigenvalue weighted by Gasteiger charge is 2.27. The van der Waals surface area contributed by atoms with Gasteiger partial charge in [-0.2, -0.15) is 0 Å². The second-order valence-corrected chi connectivity index (χ2v) is 11.1. The smallest absolute Gasteiger partial charge is 0.257 e. The largest absolute Gasteiger partial charge is 0.313 e. The first-order valence-electron chi connectivity index (χ1n) is 10.9. The van der Waals surface area contributed by atoms with Crippen LogP contribution >= 0.6 is 46.8 Å². The van der Waals surface area contributed by atoms with E-state index in [0.717, 1.165) is 63.4 Å². The summed E-state index contributed by atoms with van der Waals surface area (Å²) in [5.41, 5.74) is 4.22. The molecule has 2 aromatic carbocycles. The Labute approximate surface area is 212 Å². The summed E-state index contributed by atoms with van der Waals surface area (Å²) in [5.74, 6) is 0.886. The third-order valence-corrected chi connectivity index (χ3v) is 8.89. The molecule has 0 saturated carbocycles. The lowest BCUT2D eigenvalue weighted by atomic mass is 10.0. The number of para-hydroxylation sites is 1. The number of likely N-dealkylation sites (N-methyl/N-ethyl adjacent to an activating group) is 1. The van der Waals surface area contributed by atoms with Crippen LogP contribution in [0.3, 0.4) is 0 Å². The van der Waals surface area contributed by atoms with Gasteiger partial charge in [0.15, 0.2) is 0 Å². The van der Waals surface area contributed by atoms with E-state index in [9.17, 15) is 4.79 Å². The number of halogens is 1. The molecule has 0 radical (unpaired) electrons. The van der Waals surface area contributed by atoms with Crippen LogP contribution < -0.4 is 5.32 Å². The molecule has 172 valence electrons. The molecule has 1 N–H and O–H groups in total. The quantitative estimate of drug-likeness (QED) is 0.276. The van der Waals surface area contributed by atoms with Crippen LogP contribution in [-0.4, -0.2) is 34.6 Å². The van der Waals surface area contributed by atoms with Crippen LogP contribution in [0.15, 0.2) is 53.4 Å². The van der Waals surface area contributed by atoms with Gasteiger partial charge in [-0.1, -0.05) is 38.1 Å². The van der Waals surface area contributed by atoms with Gasteiger partial charge >= 0.3 is 0 Å². The van der Waals surface area contributed by atoms with E-state index < -0.39 is 0 Å². The van der Waals surface area contributed by atoms with Crippen molar-refractivity contribution in [3.63, 3.8) is 0 Å². The maximum atomic E-state index is 13.4. The van der Waals surface area contributed by atoms with Crippen LogP contribution in [-0.2, 0) is 13.0 Å². The minimum atomic E-state index is -0.0464. The van der Waals surface area contributed by atoms with E-state index in [4.69, 9.17) is 4.98 Å². The number of anilines is 1. The fourth-order valence-electron chi connectivity index (χ4n) is 4.13. The Morgan fingerprint density at radius 1 is 1.12 bits per heavy atom. The van der Waals surface area contributed by atoms with Crippen molar-refractivity contribution < 1.29 is 4.79 Å². The van der Waals surface area contributed by atoms with Gasteiger partial charge in [0.1, 0.15) is 10.0 Å². The average Bonchev–Trinajstić information content (AvgIpc) is 3.39. The van der Waals surface area contributed by atoms with Gasteiger partial charge in [-0.05, 0) is 48.5 Å². The first-order valence-corrected chi connectivity index (χ1v) is 13.6. The predicted molar refractivity (Wildman–Crippen MR) is 146 cm³/mol. The monoisotopic (exact) mass is 515 g/mol. The van der Waals surface area contributed by atoms with Gasteiger partial charge in [0.05, 0.1) is 15.8 Å². The normalized spacial score (nSPS) is 13.5. The molecule has 33 heavy (non-hydrogen) atoms. The molecule has 4 nitrogen and oxygen atoms in total. The summed E-state index contributed by atoms with van der Waals surface area (Å²) < 4.78 is 1.18. The van der Waals surface area contributed by atoms with E-state index in [1.165, 1.54) is 15.1 Å². The molecule has 4 aromatic rings. The number of nitrogens with one attached hydrogen (secondary N) is 1. The van der Waals surface area contributed by atoms with Crippen molar-refractivity contribution in [3.8, 4) is 10.6 Å². The summed E-state index contributed by atoms with van der Waals surface area (Å²) >= 11 is 5.12. The van der Waals surface area contributed by atoms with Crippen LogP contribution in [0.2, 0.25) is 0 Å². The van der Waals surface area contributed by atoms with Crippen molar-refractivity contribution in [2.75, 3.05) is 24.2 Å². The van der Waals surface area contributed by atoms with Gasteiger partial charge in [-0.3, -0.25) is 9.69 Å². The zero-order valence-electron chi connectivity index (χ0n) is 18.6. The molecule has 0 bridgehead atoms. The van der Waals surface area contributed by atoms with E-state index in [1.807, 2.05) is 30.3 Å². The molecule has 1 amide bonds. The number of aromatic nitrogens is 1. The Hall–Kier alpha value is -1.90. The summed E-state index contributed by atoms with van der Waals surface area (Å²) in [4.78, 5) is 23.1. The highest BCUT2D eigenvalue weighted by atomic mass is 35.5. The molecule has 0 fully saturated rings. The average molecular weight is 516 g/mol. The van der Waals surface area contributed by atoms with Crippen molar-refractivity contribution in [3.05, 3.63) is 64.5 Å². The minimum Gasteiger partial charge on any atom is -0.313 e. The summed E-state index contributed by atoms with van der Waals surface area (Å²) in [6.07, 6.45) is 0.989. The Balaban J connectivity index is 0.00000259. The summed E-state index contributed by atoms with van der Waals surface area (Å²) in [6.45, 7) is 7.33. The van der Waals surface area contributed by atoms with Gasteiger partial charge in [-0.15, -0.1) is 46.8 Å². The molecule has 1 aliphatic heterocycles. The molecule has 0 unspecified atom stereocenters. The number of carbonyl (C=O) groups excluding carboxylic acids is 1. The third kappa shape index (κ3) is 4.84. The molecule has 1 aliphatic rings. The lowest BCUT2D eigenvalue weighted by molar-refractivity contribution is 0.102. The second kappa shape index (κ2) is 10.6. The molecule has 8 heteroatoms. The van der Waals surface area contributed by atoms with Gasteiger partial charge in [0.2, 0.25) is 0 Å². The van der Waals surface area contributed by atoms with E-state index in [0.29, 0.717) is 0 Å². The zero-order chi connectivity index (χ0) is 22.1. The van der Waals surface area contributed by atoms with Gasteiger partial charge in [0.25, 0.3) is 5.91 Å². The number of rotatable bonds is 6. The number of carbonyl (C=O) groups is 1. The number of thioether (sulfide) groups is 1. The predicted octanol–water partition coefficient (Wildman–Crippen LogP) is 7.19. The van der Waals surface area contributed by atoms with Crippen LogP contribution in [0, 0.1) is 0 Å². The Bertz CT molecular complexity index is 1250. The number of benzene rings is 2. The molecule has 5 rings (SSSR count). The third-order valence-electron chi connectivity index (χ3n) is 5.75. The lowest BCUT2D eigenvalue weighted by Crippen LogP contribution is -2.29. The number of nitrogens with zero attached hydrogens (tertiary/aromatic N) is 2. The SMILES string of the molecule is CCSc1ccccc1C(=O)Nc1sc2c(c1-c1nc3ccccc3s1)CCN(CC)C2.Cl. The van der Waals surface area contributed by atoms with E-state index in [1.54, 1.807) is 34.4 Å². The van der Waals surface area contributed by atoms with E-state index in [2.05, 4.69) is 42.3 Å². The summed E-state index contributed by atoms with van der Waals surface area (Å²) in [5, 5.41) is 5.20. The Kier molecular flexibility index (Phi) is 7.76. The zero-order valence-corrected chi connectivity index (χ0v) is 21.9. The van der Waals surface area contributed by atoms with Crippen molar-refractivity contribution in [2.45, 2.75) is 31.7 Å². The van der Waals surface area contributed by atoms with E-state index in [-0.39, 0.29) is 18.3 Å². The maximum absolute atomic E-state index is 13.4. The van der Waals surface area contributed by atoms with Crippen molar-refractivity contribution >= 4 is 68.0 Å². The number of hydrogen-bond acceptors (Lipinski definition) is 6. The first-order chi connectivity index (χ1) is 15.7.